The maximum atomic E-state index is 11.6. The molecule has 7 heteroatoms. The van der Waals surface area contributed by atoms with Crippen LogP contribution in [-0.4, -0.2) is 75.7 Å². The summed E-state index contributed by atoms with van der Waals surface area (Å²) in [5.41, 5.74) is 0. The fourth-order valence-corrected chi connectivity index (χ4v) is 2.32. The van der Waals surface area contributed by atoms with Gasteiger partial charge < -0.3 is 14.8 Å². The lowest BCUT2D eigenvalue weighted by Crippen LogP contribution is -2.48. The lowest BCUT2D eigenvalue weighted by Gasteiger charge is -2.33. The van der Waals surface area contributed by atoms with Crippen molar-refractivity contribution in [2.75, 3.05) is 58.8 Å². The molecule has 1 unspecified atom stereocenters. The molecule has 1 atom stereocenters. The lowest BCUT2D eigenvalue weighted by molar-refractivity contribution is -0.125. The number of rotatable bonds is 10. The first-order valence-corrected chi connectivity index (χ1v) is 8.81. The highest BCUT2D eigenvalue weighted by Crippen LogP contribution is 2.04. The van der Waals surface area contributed by atoms with Crippen LogP contribution in [-0.2, 0) is 14.3 Å². The van der Waals surface area contributed by atoms with Crippen LogP contribution in [0.1, 0.15) is 13.8 Å². The van der Waals surface area contributed by atoms with Crippen molar-refractivity contribution in [2.24, 2.45) is 5.92 Å². The van der Waals surface area contributed by atoms with Gasteiger partial charge in [-0.2, -0.15) is 0 Å². The summed E-state index contributed by atoms with van der Waals surface area (Å²) >= 11 is 1.61. The van der Waals surface area contributed by atoms with Crippen LogP contribution in [0, 0.1) is 5.92 Å². The van der Waals surface area contributed by atoms with Gasteiger partial charge in [-0.3, -0.25) is 14.4 Å². The van der Waals surface area contributed by atoms with Crippen molar-refractivity contribution in [3.05, 3.63) is 0 Å². The number of hydrogen-bond donors (Lipinski definition) is 2. The molecule has 0 aliphatic carbocycles. The van der Waals surface area contributed by atoms with Crippen LogP contribution in [0.3, 0.4) is 0 Å². The zero-order valence-corrected chi connectivity index (χ0v) is 14.2. The Morgan fingerprint density at radius 1 is 1.48 bits per heavy atom. The maximum Gasteiger partial charge on any atom is 0.222 e. The van der Waals surface area contributed by atoms with Gasteiger partial charge in [0.1, 0.15) is 0 Å². The van der Waals surface area contributed by atoms with Gasteiger partial charge in [-0.1, -0.05) is 25.8 Å². The van der Waals surface area contributed by atoms with E-state index in [2.05, 4.69) is 14.9 Å². The van der Waals surface area contributed by atoms with Gasteiger partial charge in [0.2, 0.25) is 5.91 Å². The number of hydrogen-bond acceptors (Lipinski definition) is 6. The van der Waals surface area contributed by atoms with Gasteiger partial charge in [0.05, 0.1) is 25.9 Å². The summed E-state index contributed by atoms with van der Waals surface area (Å²) in [5, 5.41) is 2.93. The Bertz CT molecular complexity index is 293. The largest absolute Gasteiger partial charge is 0.379 e. The van der Waals surface area contributed by atoms with E-state index in [0.29, 0.717) is 6.54 Å². The third-order valence-electron chi connectivity index (χ3n) is 3.30. The molecule has 0 radical (unpaired) electrons. The predicted molar refractivity (Wildman–Crippen MR) is 86.4 cm³/mol. The Morgan fingerprint density at radius 2 is 2.29 bits per heavy atom. The van der Waals surface area contributed by atoms with E-state index >= 15 is 0 Å². The standard InChI is InChI=1S/C14H29N3O3S/c1-12(2)14(18)15-10-13-11-17(6-9-20-13)5-8-19-7-4-16-21-3/h12-13,16H,4-11H2,1-3H3,(H,15,18). The first kappa shape index (κ1) is 18.7. The maximum absolute atomic E-state index is 11.6. The molecule has 1 fully saturated rings. The molecule has 0 bridgehead atoms. The van der Waals surface area contributed by atoms with Crippen LogP contribution in [0.4, 0.5) is 0 Å². The topological polar surface area (TPSA) is 62.8 Å². The molecule has 1 rings (SSSR count). The molecule has 21 heavy (non-hydrogen) atoms. The third-order valence-corrected chi connectivity index (χ3v) is 3.79. The molecule has 1 heterocycles. The van der Waals surface area contributed by atoms with Crippen LogP contribution >= 0.6 is 11.9 Å². The molecule has 0 aromatic heterocycles. The molecule has 1 aliphatic rings. The molecular weight excluding hydrogens is 290 g/mol. The Hall–Kier alpha value is -0.340. The van der Waals surface area contributed by atoms with Gasteiger partial charge >= 0.3 is 0 Å². The van der Waals surface area contributed by atoms with Crippen molar-refractivity contribution in [2.45, 2.75) is 20.0 Å². The highest BCUT2D eigenvalue weighted by molar-refractivity contribution is 7.96. The molecule has 1 amide bonds. The summed E-state index contributed by atoms with van der Waals surface area (Å²) in [7, 11) is 0. The minimum absolute atomic E-state index is 0.0213. The second-order valence-corrected chi connectivity index (χ2v) is 6.10. The Kier molecular flexibility index (Phi) is 10.0. The smallest absolute Gasteiger partial charge is 0.222 e. The monoisotopic (exact) mass is 319 g/mol. The Balaban J connectivity index is 2.10. The molecular formula is C14H29N3O3S. The number of carbonyl (C=O) groups is 1. The Labute approximate surface area is 132 Å². The summed E-state index contributed by atoms with van der Waals surface area (Å²) in [6.45, 7) is 10.1. The number of morpholine rings is 1. The van der Waals surface area contributed by atoms with Crippen molar-refractivity contribution in [3.63, 3.8) is 0 Å². The lowest BCUT2D eigenvalue weighted by atomic mass is 10.2. The Morgan fingerprint density at radius 3 is 3.00 bits per heavy atom. The van der Waals surface area contributed by atoms with Crippen LogP contribution in [0.2, 0.25) is 0 Å². The minimum atomic E-state index is 0.0213. The number of nitrogens with zero attached hydrogens (tertiary/aromatic N) is 1. The van der Waals surface area contributed by atoms with Gasteiger partial charge in [-0.05, 0) is 6.26 Å². The molecule has 2 N–H and O–H groups in total. The van der Waals surface area contributed by atoms with E-state index in [9.17, 15) is 4.79 Å². The van der Waals surface area contributed by atoms with Crippen LogP contribution < -0.4 is 10.0 Å². The molecule has 124 valence electrons. The number of nitrogens with one attached hydrogen (secondary N) is 2. The van der Waals surface area contributed by atoms with E-state index in [-0.39, 0.29) is 17.9 Å². The zero-order valence-electron chi connectivity index (χ0n) is 13.4. The molecule has 6 nitrogen and oxygen atoms in total. The van der Waals surface area contributed by atoms with E-state index in [1.165, 1.54) is 0 Å². The highest BCUT2D eigenvalue weighted by atomic mass is 32.2. The quantitative estimate of drug-likeness (QED) is 0.447. The molecule has 1 aliphatic heterocycles. The first-order chi connectivity index (χ1) is 10.1. The van der Waals surface area contributed by atoms with Crippen molar-refractivity contribution in [1.29, 1.82) is 0 Å². The molecule has 1 saturated heterocycles. The van der Waals surface area contributed by atoms with E-state index in [1.54, 1.807) is 11.9 Å². The zero-order chi connectivity index (χ0) is 15.5. The van der Waals surface area contributed by atoms with Crippen LogP contribution in [0.25, 0.3) is 0 Å². The van der Waals surface area contributed by atoms with E-state index in [4.69, 9.17) is 9.47 Å². The fourth-order valence-electron chi connectivity index (χ4n) is 2.04. The number of ether oxygens (including phenoxy) is 2. The van der Waals surface area contributed by atoms with Crippen LogP contribution in [0.15, 0.2) is 0 Å². The van der Waals surface area contributed by atoms with Gasteiger partial charge in [0, 0.05) is 38.6 Å². The summed E-state index contributed by atoms with van der Waals surface area (Å²) in [4.78, 5) is 13.9. The summed E-state index contributed by atoms with van der Waals surface area (Å²) in [5.74, 6) is 0.105. The summed E-state index contributed by atoms with van der Waals surface area (Å²) in [6, 6.07) is 0. The van der Waals surface area contributed by atoms with Gasteiger partial charge in [0.15, 0.2) is 0 Å². The second kappa shape index (κ2) is 11.3. The highest BCUT2D eigenvalue weighted by Gasteiger charge is 2.21. The van der Waals surface area contributed by atoms with E-state index in [1.807, 2.05) is 20.1 Å². The normalized spacial score (nSPS) is 19.9. The van der Waals surface area contributed by atoms with E-state index in [0.717, 1.165) is 46.0 Å². The van der Waals surface area contributed by atoms with Crippen molar-refractivity contribution in [3.8, 4) is 0 Å². The van der Waals surface area contributed by atoms with E-state index < -0.39 is 0 Å². The SMILES string of the molecule is CSNCCOCCN1CCOC(CNC(=O)C(C)C)C1. The average molecular weight is 319 g/mol. The van der Waals surface area contributed by atoms with Crippen LogP contribution in [0.5, 0.6) is 0 Å². The van der Waals surface area contributed by atoms with Gasteiger partial charge in [-0.25, -0.2) is 0 Å². The molecule has 0 saturated carbocycles. The van der Waals surface area contributed by atoms with Gasteiger partial charge in [0.25, 0.3) is 0 Å². The van der Waals surface area contributed by atoms with Crippen molar-refractivity contribution >= 4 is 17.9 Å². The summed E-state index contributed by atoms with van der Waals surface area (Å²) < 4.78 is 14.4. The number of amides is 1. The first-order valence-electron chi connectivity index (χ1n) is 7.58. The third kappa shape index (κ3) is 8.63. The molecule has 0 spiro atoms. The fraction of sp³-hybridized carbons (Fsp3) is 0.929. The van der Waals surface area contributed by atoms with Gasteiger partial charge in [-0.15, -0.1) is 0 Å². The minimum Gasteiger partial charge on any atom is -0.379 e. The second-order valence-electron chi connectivity index (χ2n) is 5.40. The van der Waals surface area contributed by atoms with Crippen molar-refractivity contribution in [1.82, 2.24) is 14.9 Å². The predicted octanol–water partition coefficient (Wildman–Crippen LogP) is 0.344. The molecule has 0 aromatic rings. The summed E-state index contributed by atoms with van der Waals surface area (Å²) in [6.07, 6.45) is 2.09. The molecule has 0 aromatic carbocycles. The average Bonchev–Trinajstić information content (AvgIpc) is 2.48. The van der Waals surface area contributed by atoms with Crippen molar-refractivity contribution < 1.29 is 14.3 Å². The number of carbonyl (C=O) groups excluding carboxylic acids is 1.